The molecule has 6 heteroatoms. The normalized spacial score (nSPS) is 22.4. The molecule has 0 radical (unpaired) electrons. The molecule has 2 aliphatic heterocycles. The second kappa shape index (κ2) is 6.20. The van der Waals surface area contributed by atoms with E-state index in [4.69, 9.17) is 0 Å². The van der Waals surface area contributed by atoms with Crippen LogP contribution in [0.2, 0.25) is 0 Å². The van der Waals surface area contributed by atoms with E-state index in [0.717, 1.165) is 29.8 Å². The maximum atomic E-state index is 12.3. The third-order valence-electron chi connectivity index (χ3n) is 5.08. The molecular formula is C19H19N3O3. The van der Waals surface area contributed by atoms with E-state index in [9.17, 15) is 14.9 Å². The van der Waals surface area contributed by atoms with Crippen LogP contribution in [0.1, 0.15) is 42.5 Å². The lowest BCUT2D eigenvalue weighted by Crippen LogP contribution is -2.35. The van der Waals surface area contributed by atoms with E-state index in [-0.39, 0.29) is 28.6 Å². The Bertz CT molecular complexity index is 836. The number of likely N-dealkylation sites (tertiary alicyclic amines) is 1. The number of carbonyl (C=O) groups excluding carboxylic acids is 1. The number of benzene rings is 2. The lowest BCUT2D eigenvalue weighted by molar-refractivity contribution is -0.384. The zero-order chi connectivity index (χ0) is 17.4. The van der Waals surface area contributed by atoms with Crippen LogP contribution >= 0.6 is 0 Å². The fraction of sp³-hybridized carbons (Fsp3) is 0.316. The molecule has 1 saturated heterocycles. The van der Waals surface area contributed by atoms with E-state index in [1.165, 1.54) is 6.07 Å². The number of carbonyl (C=O) groups is 1. The Morgan fingerprint density at radius 2 is 2.00 bits per heavy atom. The van der Waals surface area contributed by atoms with Crippen molar-refractivity contribution in [3.63, 3.8) is 0 Å². The van der Waals surface area contributed by atoms with E-state index in [1.807, 2.05) is 29.2 Å². The van der Waals surface area contributed by atoms with Gasteiger partial charge in [0.2, 0.25) is 5.91 Å². The van der Waals surface area contributed by atoms with E-state index in [0.29, 0.717) is 12.8 Å². The van der Waals surface area contributed by atoms with Crippen LogP contribution in [-0.4, -0.2) is 22.3 Å². The highest BCUT2D eigenvalue weighted by Crippen LogP contribution is 2.43. The van der Waals surface area contributed by atoms with Gasteiger partial charge >= 0.3 is 0 Å². The Morgan fingerprint density at radius 3 is 2.76 bits per heavy atom. The van der Waals surface area contributed by atoms with Gasteiger partial charge < -0.3 is 10.2 Å². The quantitative estimate of drug-likeness (QED) is 0.682. The summed E-state index contributed by atoms with van der Waals surface area (Å²) in [7, 11) is 0. The monoisotopic (exact) mass is 337 g/mol. The number of amides is 1. The van der Waals surface area contributed by atoms with Crippen LogP contribution in [0.25, 0.3) is 0 Å². The summed E-state index contributed by atoms with van der Waals surface area (Å²) in [4.78, 5) is 25.0. The lowest BCUT2D eigenvalue weighted by Gasteiger charge is -2.38. The molecule has 0 saturated carbocycles. The van der Waals surface area contributed by atoms with E-state index in [1.54, 1.807) is 12.1 Å². The fourth-order valence-corrected chi connectivity index (χ4v) is 3.88. The minimum Gasteiger partial charge on any atom is -0.378 e. The molecule has 1 unspecified atom stereocenters. The fourth-order valence-electron chi connectivity index (χ4n) is 3.88. The zero-order valence-electron chi connectivity index (χ0n) is 13.7. The summed E-state index contributed by atoms with van der Waals surface area (Å²) in [5.74, 6) is 0.194. The van der Waals surface area contributed by atoms with Gasteiger partial charge in [0.25, 0.3) is 5.69 Å². The first-order valence-electron chi connectivity index (χ1n) is 8.53. The summed E-state index contributed by atoms with van der Waals surface area (Å²) in [5.41, 5.74) is 3.08. The Kier molecular flexibility index (Phi) is 3.87. The maximum Gasteiger partial charge on any atom is 0.269 e. The third-order valence-corrected chi connectivity index (χ3v) is 5.08. The van der Waals surface area contributed by atoms with Crippen LogP contribution in [0.3, 0.4) is 0 Å². The molecule has 0 aliphatic carbocycles. The Morgan fingerprint density at radius 1 is 1.16 bits per heavy atom. The van der Waals surface area contributed by atoms with Crippen molar-refractivity contribution in [3.05, 3.63) is 69.8 Å². The van der Waals surface area contributed by atoms with E-state index >= 15 is 0 Å². The Hall–Kier alpha value is -2.89. The predicted octanol–water partition coefficient (Wildman–Crippen LogP) is 3.82. The molecule has 1 amide bonds. The lowest BCUT2D eigenvalue weighted by atomic mass is 9.88. The summed E-state index contributed by atoms with van der Waals surface area (Å²) < 4.78 is 0. The van der Waals surface area contributed by atoms with Crippen LogP contribution in [0.5, 0.6) is 0 Å². The van der Waals surface area contributed by atoms with Crippen molar-refractivity contribution in [2.45, 2.75) is 31.3 Å². The average Bonchev–Trinajstić information content (AvgIpc) is 3.06. The van der Waals surface area contributed by atoms with Crippen LogP contribution in [0.4, 0.5) is 11.4 Å². The number of nitrogens with one attached hydrogen (secondary N) is 1. The van der Waals surface area contributed by atoms with E-state index in [2.05, 4.69) is 11.4 Å². The van der Waals surface area contributed by atoms with Gasteiger partial charge in [-0.3, -0.25) is 14.9 Å². The topological polar surface area (TPSA) is 75.5 Å². The third kappa shape index (κ3) is 2.84. The first kappa shape index (κ1) is 15.6. The summed E-state index contributed by atoms with van der Waals surface area (Å²) in [5, 5.41) is 14.6. The molecule has 2 aromatic carbocycles. The number of nitro benzene ring substituents is 1. The summed E-state index contributed by atoms with van der Waals surface area (Å²) in [6.45, 7) is 0.777. The molecule has 1 fully saturated rings. The summed E-state index contributed by atoms with van der Waals surface area (Å²) in [6.07, 6.45) is 2.21. The highest BCUT2D eigenvalue weighted by molar-refractivity contribution is 5.79. The second-order valence-corrected chi connectivity index (χ2v) is 6.58. The second-order valence-electron chi connectivity index (χ2n) is 6.58. The van der Waals surface area contributed by atoms with E-state index < -0.39 is 0 Å². The molecule has 0 bridgehead atoms. The number of fused-ring (bicyclic) bond motifs is 1. The first-order chi connectivity index (χ1) is 12.1. The molecule has 2 aromatic rings. The number of nitrogens with zero attached hydrogens (tertiary/aromatic N) is 2. The van der Waals surface area contributed by atoms with Crippen molar-refractivity contribution >= 4 is 17.3 Å². The molecule has 2 atom stereocenters. The minimum atomic E-state index is -0.373. The van der Waals surface area contributed by atoms with Gasteiger partial charge in [-0.2, -0.15) is 0 Å². The van der Waals surface area contributed by atoms with Gasteiger partial charge in [-0.05, 0) is 30.0 Å². The summed E-state index contributed by atoms with van der Waals surface area (Å²) in [6, 6.07) is 14.7. The zero-order valence-corrected chi connectivity index (χ0v) is 13.7. The number of para-hydroxylation sites is 1. The highest BCUT2D eigenvalue weighted by Gasteiger charge is 2.35. The van der Waals surface area contributed by atoms with Crippen molar-refractivity contribution in [2.75, 3.05) is 11.9 Å². The molecule has 0 aromatic heterocycles. The molecular weight excluding hydrogens is 318 g/mol. The molecule has 128 valence electrons. The number of hydrogen-bond acceptors (Lipinski definition) is 4. The predicted molar refractivity (Wildman–Crippen MR) is 94.2 cm³/mol. The van der Waals surface area contributed by atoms with Gasteiger partial charge in [-0.15, -0.1) is 0 Å². The average molecular weight is 337 g/mol. The van der Waals surface area contributed by atoms with Crippen LogP contribution in [0, 0.1) is 10.1 Å². The summed E-state index contributed by atoms with van der Waals surface area (Å²) >= 11 is 0. The highest BCUT2D eigenvalue weighted by atomic mass is 16.6. The van der Waals surface area contributed by atoms with Crippen molar-refractivity contribution < 1.29 is 9.72 Å². The first-order valence-corrected chi connectivity index (χ1v) is 8.53. The number of non-ortho nitro benzene ring substituents is 1. The van der Waals surface area contributed by atoms with Gasteiger partial charge in [-0.25, -0.2) is 0 Å². The number of anilines is 1. The molecule has 1 N–H and O–H groups in total. The molecule has 2 heterocycles. The molecule has 25 heavy (non-hydrogen) atoms. The SMILES string of the molecule is O=C1CCCN1C1C[C@@H](c2cccc([N+](=O)[O-])c2)Nc2ccccc21. The van der Waals surface area contributed by atoms with Crippen LogP contribution in [0.15, 0.2) is 48.5 Å². The van der Waals surface area contributed by atoms with Crippen molar-refractivity contribution in [1.82, 2.24) is 4.90 Å². The standard InChI is InChI=1S/C19H19N3O3/c23-19-9-4-10-21(19)18-12-17(20-16-8-2-1-7-15(16)18)13-5-3-6-14(11-13)22(24)25/h1-3,5-8,11,17-18,20H,4,9-10,12H2/t17-,18?/m0/s1. The number of hydrogen-bond donors (Lipinski definition) is 1. The van der Waals surface area contributed by atoms with Crippen molar-refractivity contribution in [3.8, 4) is 0 Å². The smallest absolute Gasteiger partial charge is 0.269 e. The Balaban J connectivity index is 1.71. The largest absolute Gasteiger partial charge is 0.378 e. The molecule has 0 spiro atoms. The Labute approximate surface area is 145 Å². The van der Waals surface area contributed by atoms with Crippen LogP contribution in [-0.2, 0) is 4.79 Å². The van der Waals surface area contributed by atoms with Crippen molar-refractivity contribution in [2.24, 2.45) is 0 Å². The van der Waals surface area contributed by atoms with Gasteiger partial charge in [0.05, 0.1) is 17.0 Å². The molecule has 4 rings (SSSR count). The maximum absolute atomic E-state index is 12.3. The van der Waals surface area contributed by atoms with Crippen molar-refractivity contribution in [1.29, 1.82) is 0 Å². The molecule has 6 nitrogen and oxygen atoms in total. The number of nitro groups is 1. The van der Waals surface area contributed by atoms with Gasteiger partial charge in [0.15, 0.2) is 0 Å². The minimum absolute atomic E-state index is 0.0108. The van der Waals surface area contributed by atoms with Gasteiger partial charge in [0.1, 0.15) is 0 Å². The van der Waals surface area contributed by atoms with Gasteiger partial charge in [-0.1, -0.05) is 30.3 Å². The number of rotatable bonds is 3. The molecule has 2 aliphatic rings. The van der Waals surface area contributed by atoms with Gasteiger partial charge in [0, 0.05) is 30.8 Å². The van der Waals surface area contributed by atoms with Crippen LogP contribution < -0.4 is 5.32 Å².